The van der Waals surface area contributed by atoms with E-state index in [1.54, 1.807) is 35.8 Å². The summed E-state index contributed by atoms with van der Waals surface area (Å²) < 4.78 is 39.9. The Kier molecular flexibility index (Phi) is 5.59. The van der Waals surface area contributed by atoms with Gasteiger partial charge in [0.05, 0.1) is 17.0 Å². The van der Waals surface area contributed by atoms with Crippen molar-refractivity contribution in [2.75, 3.05) is 12.8 Å². The summed E-state index contributed by atoms with van der Waals surface area (Å²) in [5.41, 5.74) is 8.09. The number of carboxylic acids is 1. The number of rotatable bonds is 6. The van der Waals surface area contributed by atoms with Crippen molar-refractivity contribution in [3.63, 3.8) is 0 Å². The van der Waals surface area contributed by atoms with Gasteiger partial charge in [0.25, 0.3) is 0 Å². The van der Waals surface area contributed by atoms with Gasteiger partial charge in [-0.25, -0.2) is 17.6 Å². The molecule has 0 bridgehead atoms. The molecule has 29 heavy (non-hydrogen) atoms. The first-order chi connectivity index (χ1) is 13.6. The highest BCUT2D eigenvalue weighted by Crippen LogP contribution is 2.36. The van der Waals surface area contributed by atoms with Gasteiger partial charge < -0.3 is 15.4 Å². The van der Waals surface area contributed by atoms with Crippen molar-refractivity contribution in [1.29, 1.82) is 0 Å². The topological polar surface area (TPSA) is 102 Å². The van der Waals surface area contributed by atoms with Gasteiger partial charge >= 0.3 is 5.97 Å². The van der Waals surface area contributed by atoms with Crippen LogP contribution in [0.3, 0.4) is 0 Å². The van der Waals surface area contributed by atoms with Gasteiger partial charge in [-0.1, -0.05) is 12.1 Å². The molecule has 3 N–H and O–H groups in total. The molecule has 152 valence electrons. The standard InChI is InChI=1S/C21H21FN2O4S/c1-13-20(14-4-3-5-17(10-14)29(2,27)28)18-11-15(21(25)26)6-7-19(18)24(13)12-16(22)8-9-23/h3-8,10-11H,9,12,23H2,1-2H3,(H,25,26). The van der Waals surface area contributed by atoms with Crippen molar-refractivity contribution in [2.45, 2.75) is 18.4 Å². The van der Waals surface area contributed by atoms with Gasteiger partial charge in [-0.2, -0.15) is 0 Å². The van der Waals surface area contributed by atoms with Crippen LogP contribution in [0.4, 0.5) is 4.39 Å². The molecular weight excluding hydrogens is 395 g/mol. The van der Waals surface area contributed by atoms with Crippen LogP contribution >= 0.6 is 0 Å². The Labute approximate surface area is 168 Å². The van der Waals surface area contributed by atoms with Gasteiger partial charge in [-0.05, 0) is 48.9 Å². The maximum Gasteiger partial charge on any atom is 0.335 e. The van der Waals surface area contributed by atoms with E-state index in [4.69, 9.17) is 5.73 Å². The molecule has 0 unspecified atom stereocenters. The first-order valence-electron chi connectivity index (χ1n) is 8.84. The van der Waals surface area contributed by atoms with E-state index in [0.29, 0.717) is 27.7 Å². The summed E-state index contributed by atoms with van der Waals surface area (Å²) in [6.45, 7) is 1.80. The number of aromatic nitrogens is 1. The zero-order chi connectivity index (χ0) is 21.3. The van der Waals surface area contributed by atoms with Crippen molar-refractivity contribution in [2.24, 2.45) is 5.73 Å². The number of allylic oxidation sites excluding steroid dienone is 1. The molecule has 1 heterocycles. The fourth-order valence-electron chi connectivity index (χ4n) is 3.41. The highest BCUT2D eigenvalue weighted by molar-refractivity contribution is 7.90. The minimum atomic E-state index is -3.42. The van der Waals surface area contributed by atoms with E-state index in [0.717, 1.165) is 6.26 Å². The zero-order valence-electron chi connectivity index (χ0n) is 16.0. The van der Waals surface area contributed by atoms with Crippen LogP contribution in [0.1, 0.15) is 16.1 Å². The molecular formula is C21H21FN2O4S. The fraction of sp³-hybridized carbons (Fsp3) is 0.190. The maximum absolute atomic E-state index is 14.2. The predicted molar refractivity (Wildman–Crippen MR) is 110 cm³/mol. The average molecular weight is 416 g/mol. The summed E-state index contributed by atoms with van der Waals surface area (Å²) in [5, 5.41) is 9.98. The number of sulfone groups is 1. The molecule has 0 radical (unpaired) electrons. The van der Waals surface area contributed by atoms with E-state index in [9.17, 15) is 22.7 Å². The third-order valence-electron chi connectivity index (χ3n) is 4.77. The molecule has 0 saturated heterocycles. The van der Waals surface area contributed by atoms with Crippen LogP contribution in [0.2, 0.25) is 0 Å². The number of benzene rings is 2. The van der Waals surface area contributed by atoms with E-state index in [-0.39, 0.29) is 23.5 Å². The minimum absolute atomic E-state index is 0.0578. The molecule has 0 aliphatic carbocycles. The third-order valence-corrected chi connectivity index (χ3v) is 5.88. The van der Waals surface area contributed by atoms with E-state index in [2.05, 4.69) is 0 Å². The molecule has 0 atom stereocenters. The van der Waals surface area contributed by atoms with Gasteiger partial charge in [0, 0.05) is 35.0 Å². The van der Waals surface area contributed by atoms with Gasteiger partial charge in [0.15, 0.2) is 9.84 Å². The molecule has 0 aliphatic heterocycles. The Morgan fingerprint density at radius 3 is 2.59 bits per heavy atom. The van der Waals surface area contributed by atoms with E-state index in [1.165, 1.54) is 24.3 Å². The van der Waals surface area contributed by atoms with Crippen molar-refractivity contribution in [3.8, 4) is 11.1 Å². The van der Waals surface area contributed by atoms with Crippen molar-refractivity contribution < 1.29 is 22.7 Å². The molecule has 2 aromatic carbocycles. The number of halogens is 1. The van der Waals surface area contributed by atoms with Gasteiger partial charge in [0.1, 0.15) is 5.83 Å². The molecule has 8 heteroatoms. The second kappa shape index (κ2) is 7.81. The van der Waals surface area contributed by atoms with Crippen LogP contribution in [-0.4, -0.2) is 36.9 Å². The zero-order valence-corrected chi connectivity index (χ0v) is 16.8. The van der Waals surface area contributed by atoms with Crippen molar-refractivity contribution in [1.82, 2.24) is 4.57 Å². The lowest BCUT2D eigenvalue weighted by Gasteiger charge is -2.08. The summed E-state index contributed by atoms with van der Waals surface area (Å²) in [6.07, 6.45) is 2.40. The lowest BCUT2D eigenvalue weighted by molar-refractivity contribution is 0.0697. The van der Waals surface area contributed by atoms with Crippen LogP contribution in [0.25, 0.3) is 22.0 Å². The van der Waals surface area contributed by atoms with Crippen molar-refractivity contribution >= 4 is 26.7 Å². The number of carbonyl (C=O) groups is 1. The second-order valence-corrected chi connectivity index (χ2v) is 8.79. The highest BCUT2D eigenvalue weighted by atomic mass is 32.2. The Morgan fingerprint density at radius 1 is 1.24 bits per heavy atom. The number of nitrogens with zero attached hydrogens (tertiary/aromatic N) is 1. The number of nitrogens with two attached hydrogens (primary N) is 1. The normalized spacial score (nSPS) is 12.5. The van der Waals surface area contributed by atoms with Gasteiger partial charge in [-0.3, -0.25) is 0 Å². The van der Waals surface area contributed by atoms with Crippen LogP contribution in [0.5, 0.6) is 0 Å². The lowest BCUT2D eigenvalue weighted by Crippen LogP contribution is -2.03. The smallest absolute Gasteiger partial charge is 0.335 e. The summed E-state index contributed by atoms with van der Waals surface area (Å²) >= 11 is 0. The molecule has 0 fully saturated rings. The Hall–Kier alpha value is -2.97. The van der Waals surface area contributed by atoms with E-state index in [1.807, 2.05) is 0 Å². The third kappa shape index (κ3) is 4.08. The summed E-state index contributed by atoms with van der Waals surface area (Å²) in [4.78, 5) is 11.6. The monoisotopic (exact) mass is 416 g/mol. The van der Waals surface area contributed by atoms with Crippen LogP contribution in [0.15, 0.2) is 59.3 Å². The number of carboxylic acid groups (broad SMARTS) is 1. The number of hydrogen-bond donors (Lipinski definition) is 2. The Bertz CT molecular complexity index is 1240. The quantitative estimate of drug-likeness (QED) is 0.640. The molecule has 3 rings (SSSR count). The van der Waals surface area contributed by atoms with Crippen LogP contribution in [0, 0.1) is 6.92 Å². The molecule has 3 aromatic rings. The highest BCUT2D eigenvalue weighted by Gasteiger charge is 2.19. The first-order valence-corrected chi connectivity index (χ1v) is 10.7. The second-order valence-electron chi connectivity index (χ2n) is 6.77. The van der Waals surface area contributed by atoms with Crippen LogP contribution in [-0.2, 0) is 16.4 Å². The molecule has 1 aromatic heterocycles. The van der Waals surface area contributed by atoms with Crippen molar-refractivity contribution in [3.05, 3.63) is 65.6 Å². The van der Waals surface area contributed by atoms with Crippen LogP contribution < -0.4 is 5.73 Å². The summed E-state index contributed by atoms with van der Waals surface area (Å²) in [5.74, 6) is -1.49. The molecule has 0 saturated carbocycles. The fourth-order valence-corrected chi connectivity index (χ4v) is 4.08. The number of fused-ring (bicyclic) bond motifs is 1. The minimum Gasteiger partial charge on any atom is -0.478 e. The van der Waals surface area contributed by atoms with Gasteiger partial charge in [0.2, 0.25) is 0 Å². The molecule has 6 nitrogen and oxygen atoms in total. The largest absolute Gasteiger partial charge is 0.478 e. The first kappa shape index (κ1) is 20.8. The molecule has 0 spiro atoms. The molecule has 0 aliphatic rings. The maximum atomic E-state index is 14.2. The lowest BCUT2D eigenvalue weighted by atomic mass is 10.0. The van der Waals surface area contributed by atoms with Gasteiger partial charge in [-0.15, -0.1) is 0 Å². The Morgan fingerprint density at radius 2 is 1.97 bits per heavy atom. The summed E-state index contributed by atoms with van der Waals surface area (Å²) in [6, 6.07) is 11.0. The average Bonchev–Trinajstić information content (AvgIpc) is 2.92. The van der Waals surface area contributed by atoms with E-state index < -0.39 is 21.6 Å². The molecule has 0 amide bonds. The SMILES string of the molecule is Cc1c(-c2cccc(S(C)(=O)=O)c2)c2cc(C(=O)O)ccc2n1CC(F)=CCN. The summed E-state index contributed by atoms with van der Waals surface area (Å²) in [7, 11) is -3.42. The number of hydrogen-bond acceptors (Lipinski definition) is 4. The number of aromatic carboxylic acids is 1. The predicted octanol–water partition coefficient (Wildman–Crippen LogP) is 3.53. The Balaban J connectivity index is 2.33. The van der Waals surface area contributed by atoms with E-state index >= 15 is 0 Å².